The van der Waals surface area contributed by atoms with Crippen molar-refractivity contribution in [3.05, 3.63) is 47.5 Å². The largest absolute Gasteiger partial charge is 0.491 e. The summed E-state index contributed by atoms with van der Waals surface area (Å²) in [6, 6.07) is 2.61. The van der Waals surface area contributed by atoms with E-state index in [2.05, 4.69) is 15.4 Å². The van der Waals surface area contributed by atoms with Crippen molar-refractivity contribution < 1.29 is 27.4 Å². The molecule has 0 saturated heterocycles. The molecule has 8 nitrogen and oxygen atoms in total. The first kappa shape index (κ1) is 20.4. The number of hydrogen-bond donors (Lipinski definition) is 1. The lowest BCUT2D eigenvalue weighted by Crippen LogP contribution is -2.48. The number of carbonyl (C=O) groups is 1. The monoisotopic (exact) mass is 447 g/mol. The van der Waals surface area contributed by atoms with Crippen LogP contribution in [0.5, 0.6) is 11.5 Å². The average Bonchev–Trinajstić information content (AvgIpc) is 3.14. The predicted molar refractivity (Wildman–Crippen MR) is 108 cm³/mol. The number of ether oxygens (including phenoxy) is 2. The molecule has 32 heavy (non-hydrogen) atoms. The van der Waals surface area contributed by atoms with Gasteiger partial charge in [-0.3, -0.25) is 4.79 Å². The molecule has 2 aromatic heterocycles. The van der Waals surface area contributed by atoms with Gasteiger partial charge in [0.2, 0.25) is 0 Å². The van der Waals surface area contributed by atoms with Crippen molar-refractivity contribution in [3.8, 4) is 11.5 Å². The predicted octanol–water partition coefficient (Wildman–Crippen LogP) is 2.80. The minimum absolute atomic E-state index is 0.0689. The van der Waals surface area contributed by atoms with Gasteiger partial charge in [-0.25, -0.2) is 22.7 Å². The molecular weight excluding hydrogens is 427 g/mol. The van der Waals surface area contributed by atoms with E-state index in [-0.39, 0.29) is 42.5 Å². The lowest BCUT2D eigenvalue weighted by Gasteiger charge is -2.37. The van der Waals surface area contributed by atoms with E-state index in [1.807, 2.05) is 0 Å². The molecule has 11 heteroatoms. The standard InChI is InChI=1S/C21H20F3N5O3/c1-21(2)10-32-15-4-3-12(22)5-11(15)7-28-14(17(23)24)9-31-16-8-29-18(26-19(16)28)13(6-25-29)20(30)27-21/h3-6,8,14,17H,7,9-10H2,1-2H3,(H,27,30)/t14-/m0/s1. The number of amides is 1. The third-order valence-corrected chi connectivity index (χ3v) is 5.46. The van der Waals surface area contributed by atoms with Crippen molar-refractivity contribution in [2.45, 2.75) is 38.4 Å². The van der Waals surface area contributed by atoms with Crippen molar-refractivity contribution >= 4 is 17.4 Å². The minimum Gasteiger partial charge on any atom is -0.491 e. The second-order valence-electron chi connectivity index (χ2n) is 8.47. The smallest absolute Gasteiger partial charge is 0.261 e. The van der Waals surface area contributed by atoms with E-state index in [0.717, 1.165) is 0 Å². The minimum atomic E-state index is -2.75. The number of anilines is 1. The van der Waals surface area contributed by atoms with Gasteiger partial charge in [-0.15, -0.1) is 0 Å². The summed E-state index contributed by atoms with van der Waals surface area (Å²) in [5, 5.41) is 7.03. The Labute approximate surface area is 180 Å². The van der Waals surface area contributed by atoms with Crippen LogP contribution in [0.15, 0.2) is 30.6 Å². The van der Waals surface area contributed by atoms with E-state index in [1.165, 1.54) is 40.0 Å². The SMILES string of the molecule is CC1(C)COc2ccc(F)cc2CN2c3nc4c(cnn4cc3OC[C@H]2C(F)F)C(=O)N1. The van der Waals surface area contributed by atoms with Crippen LogP contribution in [0.1, 0.15) is 29.8 Å². The first-order valence-electron chi connectivity index (χ1n) is 10.0. The molecule has 2 aliphatic rings. The Morgan fingerprint density at radius 1 is 1.25 bits per heavy atom. The molecule has 1 atom stereocenters. The third-order valence-electron chi connectivity index (χ3n) is 5.46. The summed E-state index contributed by atoms with van der Waals surface area (Å²) in [6.07, 6.45) is 0.108. The Morgan fingerprint density at radius 2 is 2.06 bits per heavy atom. The Kier molecular flexibility index (Phi) is 4.64. The van der Waals surface area contributed by atoms with Crippen molar-refractivity contribution in [1.82, 2.24) is 19.9 Å². The van der Waals surface area contributed by atoms with Gasteiger partial charge in [0.1, 0.15) is 36.4 Å². The summed E-state index contributed by atoms with van der Waals surface area (Å²) >= 11 is 0. The van der Waals surface area contributed by atoms with Crippen LogP contribution in [-0.2, 0) is 6.54 Å². The van der Waals surface area contributed by atoms with Gasteiger partial charge in [0, 0.05) is 12.1 Å². The number of hydrogen-bond acceptors (Lipinski definition) is 6. The first-order chi connectivity index (χ1) is 15.2. The number of rotatable bonds is 1. The van der Waals surface area contributed by atoms with Gasteiger partial charge in [-0.1, -0.05) is 0 Å². The zero-order chi connectivity index (χ0) is 22.6. The van der Waals surface area contributed by atoms with Crippen LogP contribution < -0.4 is 19.7 Å². The zero-order valence-corrected chi connectivity index (χ0v) is 17.3. The van der Waals surface area contributed by atoms with E-state index in [9.17, 15) is 18.0 Å². The fourth-order valence-electron chi connectivity index (χ4n) is 3.84. The molecule has 168 valence electrons. The molecule has 5 rings (SSSR count). The molecule has 0 fully saturated rings. The summed E-state index contributed by atoms with van der Waals surface area (Å²) in [7, 11) is 0. The van der Waals surface area contributed by atoms with Crippen LogP contribution in [0.4, 0.5) is 19.0 Å². The van der Waals surface area contributed by atoms with Gasteiger partial charge in [-0.2, -0.15) is 5.10 Å². The highest BCUT2D eigenvalue weighted by Crippen LogP contribution is 2.37. The number of benzene rings is 1. The molecule has 0 spiro atoms. The normalized spacial score (nSPS) is 20.0. The van der Waals surface area contributed by atoms with E-state index in [1.54, 1.807) is 13.8 Å². The van der Waals surface area contributed by atoms with Gasteiger partial charge in [0.25, 0.3) is 12.3 Å². The molecule has 1 amide bonds. The number of alkyl halides is 2. The number of fused-ring (bicyclic) bond motifs is 1. The molecule has 1 N–H and O–H groups in total. The zero-order valence-electron chi connectivity index (χ0n) is 17.3. The van der Waals surface area contributed by atoms with Crippen molar-refractivity contribution in [2.24, 2.45) is 0 Å². The van der Waals surface area contributed by atoms with Crippen molar-refractivity contribution in [3.63, 3.8) is 0 Å². The van der Waals surface area contributed by atoms with E-state index in [0.29, 0.717) is 11.3 Å². The third kappa shape index (κ3) is 3.47. The number of nitrogens with one attached hydrogen (secondary N) is 1. The first-order valence-corrected chi connectivity index (χ1v) is 10.0. The average molecular weight is 447 g/mol. The summed E-state index contributed by atoms with van der Waals surface area (Å²) in [6.45, 7) is 3.24. The summed E-state index contributed by atoms with van der Waals surface area (Å²) in [5.74, 6) is -0.268. The van der Waals surface area contributed by atoms with Crippen LogP contribution in [0, 0.1) is 5.82 Å². The lowest BCUT2D eigenvalue weighted by molar-refractivity contribution is 0.0766. The number of carbonyl (C=O) groups excluding carboxylic acids is 1. The lowest BCUT2D eigenvalue weighted by atomic mass is 10.1. The van der Waals surface area contributed by atoms with Gasteiger partial charge >= 0.3 is 0 Å². The van der Waals surface area contributed by atoms with Gasteiger partial charge < -0.3 is 19.7 Å². The fourth-order valence-corrected chi connectivity index (χ4v) is 3.84. The quantitative estimate of drug-likeness (QED) is 0.618. The molecule has 0 radical (unpaired) electrons. The molecule has 1 aromatic carbocycles. The Morgan fingerprint density at radius 3 is 2.84 bits per heavy atom. The highest BCUT2D eigenvalue weighted by Gasteiger charge is 2.37. The summed E-state index contributed by atoms with van der Waals surface area (Å²) < 4.78 is 54.8. The molecule has 2 bridgehead atoms. The Bertz CT molecular complexity index is 1210. The molecular formula is C21H20F3N5O3. The highest BCUT2D eigenvalue weighted by molar-refractivity contribution is 6.00. The maximum Gasteiger partial charge on any atom is 0.261 e. The molecule has 4 heterocycles. The summed E-state index contributed by atoms with van der Waals surface area (Å²) in [4.78, 5) is 18.8. The van der Waals surface area contributed by atoms with E-state index < -0.39 is 29.7 Å². The molecule has 3 aromatic rings. The van der Waals surface area contributed by atoms with Crippen LogP contribution >= 0.6 is 0 Å². The molecule has 0 aliphatic carbocycles. The number of aromatic nitrogens is 3. The van der Waals surface area contributed by atoms with Crippen molar-refractivity contribution in [1.29, 1.82) is 0 Å². The van der Waals surface area contributed by atoms with Crippen LogP contribution in [0.2, 0.25) is 0 Å². The highest BCUT2D eigenvalue weighted by atomic mass is 19.3. The van der Waals surface area contributed by atoms with Crippen LogP contribution in [0.3, 0.4) is 0 Å². The maximum atomic E-state index is 14.1. The Hall–Kier alpha value is -3.50. The number of halogens is 3. The van der Waals surface area contributed by atoms with Crippen molar-refractivity contribution in [2.75, 3.05) is 18.1 Å². The van der Waals surface area contributed by atoms with Crippen LogP contribution in [-0.4, -0.2) is 51.7 Å². The summed E-state index contributed by atoms with van der Waals surface area (Å²) in [5.41, 5.74) is -0.0425. The van der Waals surface area contributed by atoms with E-state index >= 15 is 0 Å². The number of nitrogens with zero attached hydrogens (tertiary/aromatic N) is 4. The maximum absolute atomic E-state index is 14.1. The molecule has 2 aliphatic heterocycles. The molecule has 0 unspecified atom stereocenters. The van der Waals surface area contributed by atoms with Gasteiger partial charge in [0.05, 0.1) is 17.9 Å². The topological polar surface area (TPSA) is 81.0 Å². The van der Waals surface area contributed by atoms with Gasteiger partial charge in [0.15, 0.2) is 17.2 Å². The van der Waals surface area contributed by atoms with E-state index in [4.69, 9.17) is 9.47 Å². The second kappa shape index (κ2) is 7.28. The molecule has 0 saturated carbocycles. The Balaban J connectivity index is 1.73. The fraction of sp³-hybridized carbons (Fsp3) is 0.381. The second-order valence-corrected chi connectivity index (χ2v) is 8.47. The van der Waals surface area contributed by atoms with Gasteiger partial charge in [-0.05, 0) is 32.0 Å². The van der Waals surface area contributed by atoms with Crippen LogP contribution in [0.25, 0.3) is 5.65 Å².